The first kappa shape index (κ1) is 23.5. The normalized spacial score (nSPS) is 17.7. The number of aromatic amines is 1. The van der Waals surface area contributed by atoms with Gasteiger partial charge in [0, 0.05) is 19.5 Å². The van der Waals surface area contributed by atoms with E-state index in [0.29, 0.717) is 25.3 Å². The zero-order valence-electron chi connectivity index (χ0n) is 18.9. The number of halogens is 1. The van der Waals surface area contributed by atoms with Gasteiger partial charge in [-0.1, -0.05) is 12.1 Å². The lowest BCUT2D eigenvalue weighted by Gasteiger charge is -2.34. The first-order valence-corrected chi connectivity index (χ1v) is 10.7. The molecule has 0 unspecified atom stereocenters. The van der Waals surface area contributed by atoms with E-state index in [0.717, 1.165) is 12.8 Å². The van der Waals surface area contributed by atoms with E-state index >= 15 is 0 Å². The lowest BCUT2D eigenvalue weighted by molar-refractivity contribution is -0.134. The van der Waals surface area contributed by atoms with Crippen molar-refractivity contribution in [1.29, 1.82) is 0 Å². The summed E-state index contributed by atoms with van der Waals surface area (Å²) in [6.07, 6.45) is 1.39. The Labute approximate surface area is 185 Å². The van der Waals surface area contributed by atoms with Crippen LogP contribution in [-0.4, -0.2) is 56.4 Å². The summed E-state index contributed by atoms with van der Waals surface area (Å²) in [6.45, 7) is 7.92. The van der Waals surface area contributed by atoms with E-state index in [4.69, 9.17) is 4.74 Å². The molecule has 1 aromatic carbocycles. The van der Waals surface area contributed by atoms with Gasteiger partial charge in [0.05, 0.1) is 5.69 Å². The SMILES string of the molecule is C[C@@H](NC(=O)OC(C)(C)C)C(=O)N1CCC[C@@H](Cc2n[nH]c(=O)n2-c2ccccc2F)C1. The maximum atomic E-state index is 14.3. The van der Waals surface area contributed by atoms with Crippen LogP contribution >= 0.6 is 0 Å². The number of alkyl carbamates (subject to hydrolysis) is 1. The highest BCUT2D eigenvalue weighted by atomic mass is 19.1. The van der Waals surface area contributed by atoms with Crippen LogP contribution in [0.3, 0.4) is 0 Å². The number of carbonyl (C=O) groups is 2. The van der Waals surface area contributed by atoms with Crippen LogP contribution in [0.4, 0.5) is 9.18 Å². The highest BCUT2D eigenvalue weighted by Crippen LogP contribution is 2.22. The van der Waals surface area contributed by atoms with Crippen molar-refractivity contribution in [2.24, 2.45) is 5.92 Å². The summed E-state index contributed by atoms with van der Waals surface area (Å²) >= 11 is 0. The summed E-state index contributed by atoms with van der Waals surface area (Å²) in [5.74, 6) is -0.254. The Morgan fingerprint density at radius 3 is 2.75 bits per heavy atom. The lowest BCUT2D eigenvalue weighted by Crippen LogP contribution is -2.51. The van der Waals surface area contributed by atoms with E-state index in [1.54, 1.807) is 44.7 Å². The van der Waals surface area contributed by atoms with E-state index in [9.17, 15) is 18.8 Å². The van der Waals surface area contributed by atoms with E-state index in [1.807, 2.05) is 0 Å². The molecule has 3 rings (SSSR count). The Morgan fingerprint density at radius 1 is 1.34 bits per heavy atom. The molecule has 174 valence electrons. The molecular formula is C22H30FN5O4. The van der Waals surface area contributed by atoms with Crippen molar-refractivity contribution in [2.45, 2.75) is 58.6 Å². The van der Waals surface area contributed by atoms with Gasteiger partial charge >= 0.3 is 11.8 Å². The molecule has 32 heavy (non-hydrogen) atoms. The minimum absolute atomic E-state index is 0.0437. The van der Waals surface area contributed by atoms with Crippen LogP contribution < -0.4 is 11.0 Å². The average Bonchev–Trinajstić information content (AvgIpc) is 3.06. The predicted octanol–water partition coefficient (Wildman–Crippen LogP) is 2.39. The minimum Gasteiger partial charge on any atom is -0.444 e. The monoisotopic (exact) mass is 447 g/mol. The summed E-state index contributed by atoms with van der Waals surface area (Å²) in [4.78, 5) is 38.8. The van der Waals surface area contributed by atoms with Gasteiger partial charge in [0.2, 0.25) is 5.91 Å². The fourth-order valence-electron chi connectivity index (χ4n) is 3.86. The summed E-state index contributed by atoms with van der Waals surface area (Å²) in [5, 5.41) is 9.06. The molecule has 2 atom stereocenters. The number of amides is 2. The molecule has 10 heteroatoms. The number of H-pyrrole nitrogens is 1. The number of carbonyl (C=O) groups excluding carboxylic acids is 2. The fraction of sp³-hybridized carbons (Fsp3) is 0.545. The summed E-state index contributed by atoms with van der Waals surface area (Å²) in [7, 11) is 0. The van der Waals surface area contributed by atoms with Crippen LogP contribution in [0.5, 0.6) is 0 Å². The maximum Gasteiger partial charge on any atom is 0.408 e. The Balaban J connectivity index is 1.66. The number of likely N-dealkylation sites (tertiary alicyclic amines) is 1. The van der Waals surface area contributed by atoms with E-state index in [2.05, 4.69) is 15.5 Å². The molecular weight excluding hydrogens is 417 g/mol. The fourth-order valence-corrected chi connectivity index (χ4v) is 3.86. The van der Waals surface area contributed by atoms with Crippen LogP contribution in [0.1, 0.15) is 46.4 Å². The van der Waals surface area contributed by atoms with Crippen molar-refractivity contribution in [3.63, 3.8) is 0 Å². The zero-order valence-corrected chi connectivity index (χ0v) is 18.9. The molecule has 0 radical (unpaired) electrons. The molecule has 2 aromatic rings. The lowest BCUT2D eigenvalue weighted by atomic mass is 9.94. The van der Waals surface area contributed by atoms with Gasteiger partial charge in [0.25, 0.3) is 0 Å². The molecule has 9 nitrogen and oxygen atoms in total. The smallest absolute Gasteiger partial charge is 0.408 e. The molecule has 0 saturated carbocycles. The molecule has 0 spiro atoms. The molecule has 2 heterocycles. The van der Waals surface area contributed by atoms with Crippen LogP contribution in [-0.2, 0) is 16.0 Å². The summed E-state index contributed by atoms with van der Waals surface area (Å²) in [5.41, 5.74) is -1.02. The van der Waals surface area contributed by atoms with E-state index in [-0.39, 0.29) is 17.5 Å². The Hall–Kier alpha value is -3.17. The van der Waals surface area contributed by atoms with Crippen molar-refractivity contribution < 1.29 is 18.7 Å². The Kier molecular flexibility index (Phi) is 7.00. The van der Waals surface area contributed by atoms with Gasteiger partial charge < -0.3 is 15.0 Å². The van der Waals surface area contributed by atoms with Crippen LogP contribution in [0.2, 0.25) is 0 Å². The summed E-state index contributed by atoms with van der Waals surface area (Å²) < 4.78 is 20.7. The predicted molar refractivity (Wildman–Crippen MR) is 116 cm³/mol. The standard InChI is InChI=1S/C22H30FN5O4/c1-14(24-21(31)32-22(2,3)4)19(29)27-11-7-8-15(13-27)12-18-25-26-20(30)28(18)17-10-6-5-9-16(17)23/h5-6,9-10,14-15H,7-8,11-13H2,1-4H3,(H,24,31)(H,26,30)/t14-,15+/m1/s1. The molecule has 0 bridgehead atoms. The summed E-state index contributed by atoms with van der Waals surface area (Å²) in [6, 6.07) is 5.29. The molecule has 0 aliphatic carbocycles. The molecule has 1 aromatic heterocycles. The third-order valence-corrected chi connectivity index (χ3v) is 5.24. The molecule has 1 saturated heterocycles. The van der Waals surface area contributed by atoms with Crippen LogP contribution in [0.25, 0.3) is 5.69 Å². The highest BCUT2D eigenvalue weighted by molar-refractivity contribution is 5.85. The van der Waals surface area contributed by atoms with Gasteiger partial charge in [-0.15, -0.1) is 0 Å². The van der Waals surface area contributed by atoms with Crippen molar-refractivity contribution in [2.75, 3.05) is 13.1 Å². The number of nitrogens with zero attached hydrogens (tertiary/aromatic N) is 3. The van der Waals surface area contributed by atoms with Gasteiger partial charge in [0.15, 0.2) is 0 Å². The number of hydrogen-bond donors (Lipinski definition) is 2. The van der Waals surface area contributed by atoms with Crippen LogP contribution in [0, 0.1) is 11.7 Å². The number of para-hydroxylation sites is 1. The topological polar surface area (TPSA) is 109 Å². The highest BCUT2D eigenvalue weighted by Gasteiger charge is 2.30. The first-order valence-electron chi connectivity index (χ1n) is 10.7. The van der Waals surface area contributed by atoms with E-state index < -0.39 is 29.2 Å². The minimum atomic E-state index is -0.731. The second-order valence-electron chi connectivity index (χ2n) is 9.10. The molecule has 1 aliphatic rings. The van der Waals surface area contributed by atoms with Crippen molar-refractivity contribution in [3.8, 4) is 5.69 Å². The van der Waals surface area contributed by atoms with Gasteiger partial charge in [-0.05, 0) is 58.6 Å². The number of ether oxygens (including phenoxy) is 1. The number of hydrogen-bond acceptors (Lipinski definition) is 5. The van der Waals surface area contributed by atoms with Crippen molar-refractivity contribution >= 4 is 12.0 Å². The third kappa shape index (κ3) is 5.74. The van der Waals surface area contributed by atoms with Gasteiger partial charge in [-0.2, -0.15) is 5.10 Å². The number of aromatic nitrogens is 3. The van der Waals surface area contributed by atoms with E-state index in [1.165, 1.54) is 16.7 Å². The average molecular weight is 448 g/mol. The van der Waals surface area contributed by atoms with Crippen molar-refractivity contribution in [3.05, 3.63) is 46.4 Å². The quantitative estimate of drug-likeness (QED) is 0.732. The Bertz CT molecular complexity index is 1030. The molecule has 2 amide bonds. The zero-order chi connectivity index (χ0) is 23.5. The largest absolute Gasteiger partial charge is 0.444 e. The maximum absolute atomic E-state index is 14.3. The Morgan fingerprint density at radius 2 is 2.06 bits per heavy atom. The van der Waals surface area contributed by atoms with Gasteiger partial charge in [-0.3, -0.25) is 4.79 Å². The van der Waals surface area contributed by atoms with Crippen molar-refractivity contribution in [1.82, 2.24) is 25.0 Å². The third-order valence-electron chi connectivity index (χ3n) is 5.24. The number of nitrogens with one attached hydrogen (secondary N) is 2. The second-order valence-corrected chi connectivity index (χ2v) is 9.10. The molecule has 2 N–H and O–H groups in total. The number of benzene rings is 1. The van der Waals surface area contributed by atoms with Gasteiger partial charge in [-0.25, -0.2) is 23.6 Å². The second kappa shape index (κ2) is 9.54. The van der Waals surface area contributed by atoms with Crippen LogP contribution in [0.15, 0.2) is 29.1 Å². The van der Waals surface area contributed by atoms with Gasteiger partial charge in [0.1, 0.15) is 23.3 Å². The first-order chi connectivity index (χ1) is 15.0. The number of piperidine rings is 1. The number of rotatable bonds is 5. The molecule has 1 fully saturated rings. The molecule has 1 aliphatic heterocycles.